The minimum absolute atomic E-state index is 0.0245. The molecule has 152 valence electrons. The third-order valence-electron chi connectivity index (χ3n) is 6.84. The van der Waals surface area contributed by atoms with E-state index >= 15 is 0 Å². The Morgan fingerprint density at radius 3 is 1.96 bits per heavy atom. The minimum atomic E-state index is -0.328. The van der Waals surface area contributed by atoms with E-state index < -0.39 is 0 Å². The number of rotatable bonds is 3. The maximum absolute atomic E-state index is 13.0. The maximum atomic E-state index is 13.0. The van der Waals surface area contributed by atoms with Crippen molar-refractivity contribution in [2.24, 2.45) is 11.8 Å². The zero-order chi connectivity index (χ0) is 20.0. The average Bonchev–Trinajstić information content (AvgIpc) is 3.16. The van der Waals surface area contributed by atoms with Crippen LogP contribution in [0.25, 0.3) is 0 Å². The van der Waals surface area contributed by atoms with Gasteiger partial charge in [-0.15, -0.1) is 0 Å². The number of nitrogens with zero attached hydrogens (tertiary/aromatic N) is 2. The average molecular weight is 378 g/mol. The van der Waals surface area contributed by atoms with E-state index in [0.717, 1.165) is 25.8 Å². The third kappa shape index (κ3) is 4.04. The second kappa shape index (κ2) is 7.39. The van der Waals surface area contributed by atoms with Crippen molar-refractivity contribution in [1.29, 1.82) is 0 Å². The maximum Gasteiger partial charge on any atom is 0.463 e. The van der Waals surface area contributed by atoms with Gasteiger partial charge < -0.3 is 19.1 Å². The Hall–Kier alpha value is -1.08. The van der Waals surface area contributed by atoms with Crippen LogP contribution in [0.4, 0.5) is 0 Å². The lowest BCUT2D eigenvalue weighted by Gasteiger charge is -2.34. The summed E-state index contributed by atoms with van der Waals surface area (Å²) in [6, 6.07) is 0. The molecule has 0 aromatic carbocycles. The first kappa shape index (κ1) is 20.7. The van der Waals surface area contributed by atoms with Crippen molar-refractivity contribution in [2.45, 2.75) is 77.8 Å². The molecule has 0 aromatic rings. The summed E-state index contributed by atoms with van der Waals surface area (Å²) >= 11 is 0. The van der Waals surface area contributed by atoms with Gasteiger partial charge in [0, 0.05) is 43.8 Å². The summed E-state index contributed by atoms with van der Waals surface area (Å²) in [7, 11) is -0.238. The lowest BCUT2D eigenvalue weighted by Crippen LogP contribution is -2.45. The molecule has 7 heteroatoms. The molecule has 3 saturated heterocycles. The summed E-state index contributed by atoms with van der Waals surface area (Å²) in [6.07, 6.45) is 2.47. The molecule has 2 amide bonds. The Morgan fingerprint density at radius 2 is 1.44 bits per heavy atom. The zero-order valence-corrected chi connectivity index (χ0v) is 17.8. The van der Waals surface area contributed by atoms with Gasteiger partial charge in [-0.1, -0.05) is 13.8 Å². The molecule has 6 nitrogen and oxygen atoms in total. The van der Waals surface area contributed by atoms with Crippen molar-refractivity contribution >= 4 is 18.9 Å². The number of carbonyl (C=O) groups excluding carboxylic acids is 2. The molecule has 0 aliphatic carbocycles. The van der Waals surface area contributed by atoms with Gasteiger partial charge in [0.25, 0.3) is 0 Å². The van der Waals surface area contributed by atoms with Crippen LogP contribution in [0, 0.1) is 11.8 Å². The lowest BCUT2D eigenvalue weighted by atomic mass is 9.71. The van der Waals surface area contributed by atoms with E-state index in [1.165, 1.54) is 0 Å². The predicted octanol–water partition coefficient (Wildman–Crippen LogP) is 2.58. The molecule has 3 aliphatic rings. The molecule has 3 heterocycles. The second-order valence-corrected chi connectivity index (χ2v) is 9.71. The van der Waals surface area contributed by atoms with Gasteiger partial charge in [-0.25, -0.2) is 0 Å². The highest BCUT2D eigenvalue weighted by Crippen LogP contribution is 2.42. The summed E-state index contributed by atoms with van der Waals surface area (Å²) in [6.45, 7) is 15.0. The molecular formula is C20H35BN2O4. The van der Waals surface area contributed by atoms with E-state index in [9.17, 15) is 9.59 Å². The Bertz CT molecular complexity index is 569. The number of carbonyl (C=O) groups is 2. The Balaban J connectivity index is 1.51. The summed E-state index contributed by atoms with van der Waals surface area (Å²) in [5, 5.41) is 0. The van der Waals surface area contributed by atoms with Gasteiger partial charge in [-0.05, 0) is 47.0 Å². The van der Waals surface area contributed by atoms with E-state index in [4.69, 9.17) is 9.31 Å². The van der Waals surface area contributed by atoms with Gasteiger partial charge in [-0.3, -0.25) is 9.59 Å². The quantitative estimate of drug-likeness (QED) is 0.709. The Labute approximate surface area is 164 Å². The van der Waals surface area contributed by atoms with E-state index in [-0.39, 0.29) is 47.8 Å². The van der Waals surface area contributed by atoms with E-state index in [1.807, 2.05) is 23.6 Å². The molecule has 3 aliphatic heterocycles. The predicted molar refractivity (Wildman–Crippen MR) is 105 cm³/mol. The zero-order valence-electron chi connectivity index (χ0n) is 17.8. The van der Waals surface area contributed by atoms with Crippen LogP contribution in [-0.2, 0) is 18.9 Å². The van der Waals surface area contributed by atoms with Gasteiger partial charge >= 0.3 is 7.12 Å². The Morgan fingerprint density at radius 1 is 0.926 bits per heavy atom. The van der Waals surface area contributed by atoms with Gasteiger partial charge in [0.1, 0.15) is 0 Å². The van der Waals surface area contributed by atoms with Crippen LogP contribution in [0.2, 0.25) is 5.82 Å². The number of hydrogen-bond acceptors (Lipinski definition) is 4. The first-order chi connectivity index (χ1) is 12.5. The van der Waals surface area contributed by atoms with Gasteiger partial charge in [0.15, 0.2) is 0 Å². The van der Waals surface area contributed by atoms with E-state index in [2.05, 4.69) is 27.7 Å². The number of amides is 2. The second-order valence-electron chi connectivity index (χ2n) is 9.71. The van der Waals surface area contributed by atoms with Crippen LogP contribution in [0.1, 0.15) is 60.8 Å². The lowest BCUT2D eigenvalue weighted by molar-refractivity contribution is -0.141. The number of piperidine rings is 1. The smallest absolute Gasteiger partial charge is 0.403 e. The monoisotopic (exact) mass is 378 g/mol. The highest BCUT2D eigenvalue weighted by Gasteiger charge is 2.55. The van der Waals surface area contributed by atoms with Crippen LogP contribution in [-0.4, -0.2) is 66.1 Å². The number of hydrogen-bond donors (Lipinski definition) is 0. The molecule has 1 unspecified atom stereocenters. The van der Waals surface area contributed by atoms with Crippen molar-refractivity contribution in [2.75, 3.05) is 26.2 Å². The van der Waals surface area contributed by atoms with Crippen LogP contribution in [0.15, 0.2) is 0 Å². The van der Waals surface area contributed by atoms with E-state index in [0.29, 0.717) is 19.6 Å². The molecule has 0 saturated carbocycles. The van der Waals surface area contributed by atoms with Crippen LogP contribution < -0.4 is 0 Å². The van der Waals surface area contributed by atoms with Crippen molar-refractivity contribution in [3.63, 3.8) is 0 Å². The van der Waals surface area contributed by atoms with Crippen molar-refractivity contribution < 1.29 is 18.9 Å². The summed E-state index contributed by atoms with van der Waals surface area (Å²) < 4.78 is 12.4. The summed E-state index contributed by atoms with van der Waals surface area (Å²) in [5.74, 6) is 0.737. The van der Waals surface area contributed by atoms with Crippen molar-refractivity contribution in [1.82, 2.24) is 9.80 Å². The van der Waals surface area contributed by atoms with Crippen LogP contribution in [0.5, 0.6) is 0 Å². The fraction of sp³-hybridized carbons (Fsp3) is 0.900. The molecule has 3 rings (SSSR count). The summed E-state index contributed by atoms with van der Waals surface area (Å²) in [5.41, 5.74) is -0.657. The molecule has 0 radical (unpaired) electrons. The van der Waals surface area contributed by atoms with E-state index in [1.54, 1.807) is 0 Å². The van der Waals surface area contributed by atoms with Crippen LogP contribution in [0.3, 0.4) is 0 Å². The molecule has 0 spiro atoms. The molecule has 1 atom stereocenters. The first-order valence-corrected chi connectivity index (χ1v) is 10.4. The van der Waals surface area contributed by atoms with Crippen molar-refractivity contribution in [3.05, 3.63) is 0 Å². The molecule has 0 N–H and O–H groups in total. The highest BCUT2D eigenvalue weighted by atomic mass is 16.7. The summed E-state index contributed by atoms with van der Waals surface area (Å²) in [4.78, 5) is 29.0. The fourth-order valence-corrected chi connectivity index (χ4v) is 4.26. The standard InChI is InChI=1S/C20H35BN2O4/c1-14(2)17(24)22-10-7-15(8-11-22)18(25)23-12-9-16(13-23)21-26-19(3,4)20(5,6)27-21/h14-16H,7-13H2,1-6H3. The third-order valence-corrected chi connectivity index (χ3v) is 6.84. The van der Waals surface area contributed by atoms with Gasteiger partial charge in [0.2, 0.25) is 11.8 Å². The highest BCUT2D eigenvalue weighted by molar-refractivity contribution is 6.47. The first-order valence-electron chi connectivity index (χ1n) is 10.4. The fourth-order valence-electron chi connectivity index (χ4n) is 4.26. The largest absolute Gasteiger partial charge is 0.463 e. The SMILES string of the molecule is CC(C)C(=O)N1CCC(C(=O)N2CCC(B3OC(C)(C)C(C)(C)O3)C2)CC1. The van der Waals surface area contributed by atoms with Crippen molar-refractivity contribution in [3.8, 4) is 0 Å². The normalized spacial score (nSPS) is 28.3. The molecule has 3 fully saturated rings. The molecule has 0 aromatic heterocycles. The molecule has 0 bridgehead atoms. The van der Waals surface area contributed by atoms with Gasteiger partial charge in [-0.2, -0.15) is 0 Å². The molecular weight excluding hydrogens is 343 g/mol. The Kier molecular flexibility index (Phi) is 5.66. The topological polar surface area (TPSA) is 59.1 Å². The van der Waals surface area contributed by atoms with Crippen LogP contribution >= 0.6 is 0 Å². The van der Waals surface area contributed by atoms with Gasteiger partial charge in [0.05, 0.1) is 11.2 Å². The minimum Gasteiger partial charge on any atom is -0.403 e. The molecule has 27 heavy (non-hydrogen) atoms. The number of likely N-dealkylation sites (tertiary alicyclic amines) is 2.